The van der Waals surface area contributed by atoms with Gasteiger partial charge in [-0.15, -0.1) is 0 Å². The summed E-state index contributed by atoms with van der Waals surface area (Å²) in [6.07, 6.45) is 7.81. The molecule has 1 aromatic carbocycles. The van der Waals surface area contributed by atoms with E-state index >= 15 is 0 Å². The lowest BCUT2D eigenvalue weighted by Gasteiger charge is -2.42. The van der Waals surface area contributed by atoms with E-state index in [1.807, 2.05) is 0 Å². The minimum absolute atomic E-state index is 0.458. The lowest BCUT2D eigenvalue weighted by atomic mass is 9.66. The molecule has 1 aliphatic carbocycles. The average molecular weight is 260 g/mol. The molecule has 1 fully saturated rings. The van der Waals surface area contributed by atoms with Crippen LogP contribution in [0.4, 0.5) is 5.69 Å². The summed E-state index contributed by atoms with van der Waals surface area (Å²) in [7, 11) is 0. The maximum Gasteiger partial charge on any atom is 0.0366 e. The first-order valence-electron chi connectivity index (χ1n) is 7.80. The van der Waals surface area contributed by atoms with Gasteiger partial charge in [0.2, 0.25) is 0 Å². The summed E-state index contributed by atoms with van der Waals surface area (Å²) < 4.78 is 0. The van der Waals surface area contributed by atoms with Crippen LogP contribution in [-0.4, -0.2) is 19.6 Å². The van der Waals surface area contributed by atoms with Gasteiger partial charge in [0.05, 0.1) is 0 Å². The summed E-state index contributed by atoms with van der Waals surface area (Å²) in [6, 6.07) is 10.8. The van der Waals surface area contributed by atoms with Crippen LogP contribution in [0.1, 0.15) is 45.4 Å². The normalized spacial score (nSPS) is 16.9. The molecule has 0 aliphatic heterocycles. The number of nitrogens with two attached hydrogens (primary N) is 1. The first-order chi connectivity index (χ1) is 9.29. The van der Waals surface area contributed by atoms with Crippen LogP contribution in [0.3, 0.4) is 0 Å². The number of hydrogen-bond acceptors (Lipinski definition) is 2. The van der Waals surface area contributed by atoms with Gasteiger partial charge in [0.25, 0.3) is 0 Å². The Morgan fingerprint density at radius 2 is 1.89 bits per heavy atom. The minimum atomic E-state index is 0.458. The molecule has 0 radical (unpaired) electrons. The summed E-state index contributed by atoms with van der Waals surface area (Å²) in [5.74, 6) is 0. The van der Waals surface area contributed by atoms with Crippen molar-refractivity contribution in [3.8, 4) is 0 Å². The maximum atomic E-state index is 5.98. The predicted molar refractivity (Wildman–Crippen MR) is 83.5 cm³/mol. The van der Waals surface area contributed by atoms with Crippen molar-refractivity contribution in [1.82, 2.24) is 0 Å². The lowest BCUT2D eigenvalue weighted by molar-refractivity contribution is 0.133. The quantitative estimate of drug-likeness (QED) is 0.770. The average Bonchev–Trinajstić information content (AvgIpc) is 2.42. The van der Waals surface area contributed by atoms with Gasteiger partial charge in [-0.25, -0.2) is 0 Å². The van der Waals surface area contributed by atoms with Crippen molar-refractivity contribution in [2.75, 3.05) is 24.5 Å². The third kappa shape index (κ3) is 3.73. The van der Waals surface area contributed by atoms with E-state index in [-0.39, 0.29) is 0 Å². The number of unbranched alkanes of at least 4 members (excludes halogenated alkanes) is 1. The van der Waals surface area contributed by atoms with Crippen LogP contribution < -0.4 is 10.6 Å². The molecule has 2 rings (SSSR count). The number of rotatable bonds is 8. The smallest absolute Gasteiger partial charge is 0.0366 e. The second kappa shape index (κ2) is 6.95. The largest absolute Gasteiger partial charge is 0.372 e. The molecule has 0 atom stereocenters. The van der Waals surface area contributed by atoms with Gasteiger partial charge in [-0.1, -0.05) is 38.0 Å². The van der Waals surface area contributed by atoms with Crippen LogP contribution >= 0.6 is 0 Å². The first-order valence-corrected chi connectivity index (χ1v) is 7.80. The van der Waals surface area contributed by atoms with Gasteiger partial charge < -0.3 is 10.6 Å². The van der Waals surface area contributed by atoms with Crippen molar-refractivity contribution >= 4 is 5.69 Å². The molecule has 0 unspecified atom stereocenters. The number of nitrogens with zero attached hydrogens (tertiary/aromatic N) is 1. The Labute approximate surface area is 118 Å². The molecule has 0 saturated heterocycles. The second-order valence-electron chi connectivity index (χ2n) is 5.98. The van der Waals surface area contributed by atoms with Crippen molar-refractivity contribution in [2.24, 2.45) is 11.1 Å². The van der Waals surface area contributed by atoms with Crippen molar-refractivity contribution in [1.29, 1.82) is 0 Å². The number of para-hydroxylation sites is 1. The van der Waals surface area contributed by atoms with Crippen molar-refractivity contribution in [3.63, 3.8) is 0 Å². The van der Waals surface area contributed by atoms with Crippen LogP contribution in [0.2, 0.25) is 0 Å². The van der Waals surface area contributed by atoms with Crippen LogP contribution in [0.25, 0.3) is 0 Å². The second-order valence-corrected chi connectivity index (χ2v) is 5.98. The zero-order chi connectivity index (χ0) is 13.6. The Bertz CT molecular complexity index is 351. The van der Waals surface area contributed by atoms with E-state index in [1.165, 1.54) is 50.8 Å². The van der Waals surface area contributed by atoms with Gasteiger partial charge in [-0.3, -0.25) is 0 Å². The topological polar surface area (TPSA) is 29.3 Å². The fraction of sp³-hybridized carbons (Fsp3) is 0.647. The first kappa shape index (κ1) is 14.4. The third-order valence-electron chi connectivity index (χ3n) is 4.66. The van der Waals surface area contributed by atoms with E-state index in [1.54, 1.807) is 0 Å². The standard InChI is InChI=1S/C17H28N2/c1-2-3-13-19(16-8-5-4-6-9-16)14-12-17(15-18)10-7-11-17/h4-6,8-9H,2-3,7,10-15,18H2,1H3. The van der Waals surface area contributed by atoms with Crippen LogP contribution in [-0.2, 0) is 0 Å². The summed E-state index contributed by atoms with van der Waals surface area (Å²) in [5.41, 5.74) is 7.80. The number of anilines is 1. The monoisotopic (exact) mass is 260 g/mol. The highest BCUT2D eigenvalue weighted by Gasteiger charge is 2.35. The SMILES string of the molecule is CCCCN(CCC1(CN)CCC1)c1ccccc1. The Morgan fingerprint density at radius 3 is 2.42 bits per heavy atom. The van der Waals surface area contributed by atoms with E-state index in [2.05, 4.69) is 42.2 Å². The van der Waals surface area contributed by atoms with Crippen molar-refractivity contribution in [3.05, 3.63) is 30.3 Å². The summed E-state index contributed by atoms with van der Waals surface area (Å²) >= 11 is 0. The molecule has 106 valence electrons. The van der Waals surface area contributed by atoms with E-state index in [0.717, 1.165) is 13.1 Å². The molecular weight excluding hydrogens is 232 g/mol. The number of benzene rings is 1. The van der Waals surface area contributed by atoms with E-state index in [0.29, 0.717) is 5.41 Å². The molecule has 2 N–H and O–H groups in total. The highest BCUT2D eigenvalue weighted by atomic mass is 15.1. The van der Waals surface area contributed by atoms with E-state index in [9.17, 15) is 0 Å². The molecule has 1 saturated carbocycles. The Morgan fingerprint density at radius 1 is 1.16 bits per heavy atom. The molecule has 1 aromatic rings. The molecule has 19 heavy (non-hydrogen) atoms. The molecule has 2 heteroatoms. The van der Waals surface area contributed by atoms with Crippen molar-refractivity contribution in [2.45, 2.75) is 45.4 Å². The molecule has 2 nitrogen and oxygen atoms in total. The van der Waals surface area contributed by atoms with Crippen LogP contribution in [0.5, 0.6) is 0 Å². The predicted octanol–water partition coefficient (Wildman–Crippen LogP) is 3.81. The zero-order valence-corrected chi connectivity index (χ0v) is 12.3. The van der Waals surface area contributed by atoms with Crippen LogP contribution in [0.15, 0.2) is 30.3 Å². The van der Waals surface area contributed by atoms with Gasteiger partial charge in [0, 0.05) is 18.8 Å². The molecular formula is C17H28N2. The Kier molecular flexibility index (Phi) is 5.26. The molecule has 1 aliphatic rings. The van der Waals surface area contributed by atoms with Crippen LogP contribution in [0, 0.1) is 5.41 Å². The fourth-order valence-electron chi connectivity index (χ4n) is 2.96. The maximum absolute atomic E-state index is 5.98. The fourth-order valence-corrected chi connectivity index (χ4v) is 2.96. The summed E-state index contributed by atoms with van der Waals surface area (Å²) in [6.45, 7) is 5.45. The van der Waals surface area contributed by atoms with Gasteiger partial charge in [-0.05, 0) is 49.8 Å². The third-order valence-corrected chi connectivity index (χ3v) is 4.66. The van der Waals surface area contributed by atoms with Gasteiger partial charge in [-0.2, -0.15) is 0 Å². The Hall–Kier alpha value is -1.02. The van der Waals surface area contributed by atoms with Gasteiger partial charge >= 0.3 is 0 Å². The summed E-state index contributed by atoms with van der Waals surface area (Å²) in [5, 5.41) is 0. The molecule has 0 aromatic heterocycles. The molecule has 0 amide bonds. The highest BCUT2D eigenvalue weighted by molar-refractivity contribution is 5.45. The molecule has 0 bridgehead atoms. The van der Waals surface area contributed by atoms with Gasteiger partial charge in [0.15, 0.2) is 0 Å². The zero-order valence-electron chi connectivity index (χ0n) is 12.3. The molecule has 0 spiro atoms. The van der Waals surface area contributed by atoms with Gasteiger partial charge in [0.1, 0.15) is 0 Å². The lowest BCUT2D eigenvalue weighted by Crippen LogP contribution is -2.40. The Balaban J connectivity index is 1.94. The van der Waals surface area contributed by atoms with E-state index < -0.39 is 0 Å². The summed E-state index contributed by atoms with van der Waals surface area (Å²) in [4.78, 5) is 2.54. The van der Waals surface area contributed by atoms with E-state index in [4.69, 9.17) is 5.73 Å². The minimum Gasteiger partial charge on any atom is -0.372 e. The molecule has 0 heterocycles. The highest BCUT2D eigenvalue weighted by Crippen LogP contribution is 2.43. The number of hydrogen-bond donors (Lipinski definition) is 1. The van der Waals surface area contributed by atoms with Crippen molar-refractivity contribution < 1.29 is 0 Å².